The number of hydrogen-bond acceptors (Lipinski definition) is 7. The molecule has 3 N–H and O–H groups in total. The molecule has 2 unspecified atom stereocenters. The minimum absolute atomic E-state index is 0.0972. The van der Waals surface area contributed by atoms with Crippen molar-refractivity contribution in [3.05, 3.63) is 58.8 Å². The van der Waals surface area contributed by atoms with Crippen LogP contribution in [0.15, 0.2) is 58.2 Å². The Morgan fingerprint density at radius 2 is 1.82 bits per heavy atom. The Balaban J connectivity index is 1.36. The molecule has 2 aromatic heterocycles. The summed E-state index contributed by atoms with van der Waals surface area (Å²) in [6.07, 6.45) is 1.77. The number of anilines is 1. The number of aryl methyl sites for hydroxylation is 1. The maximum atomic E-state index is 12.6. The summed E-state index contributed by atoms with van der Waals surface area (Å²) in [5.74, 6) is 1.43. The third kappa shape index (κ3) is 4.95. The molecular weight excluding hydrogens is 514 g/mol. The summed E-state index contributed by atoms with van der Waals surface area (Å²) in [4.78, 5) is 22.2. The fourth-order valence-corrected chi connectivity index (χ4v) is 5.35. The number of aromatic nitrogens is 4. The number of fused-ring (bicyclic) bond motifs is 3. The number of rotatable bonds is 7. The molecule has 10 heteroatoms. The van der Waals surface area contributed by atoms with Crippen molar-refractivity contribution in [1.29, 1.82) is 0 Å². The first kappa shape index (κ1) is 23.2. The molecule has 2 aromatic carbocycles. The second-order valence-corrected chi connectivity index (χ2v) is 10.4. The van der Waals surface area contributed by atoms with E-state index in [9.17, 15) is 4.79 Å². The van der Waals surface area contributed by atoms with Gasteiger partial charge in [0, 0.05) is 34.1 Å². The summed E-state index contributed by atoms with van der Waals surface area (Å²) < 4.78 is 2.75. The highest BCUT2D eigenvalue weighted by Gasteiger charge is 2.29. The molecule has 1 amide bonds. The van der Waals surface area contributed by atoms with Crippen LogP contribution in [0.3, 0.4) is 0 Å². The fraction of sp³-hybridized carbons (Fsp3) is 0.333. The first-order valence-corrected chi connectivity index (χ1v) is 13.1. The van der Waals surface area contributed by atoms with Crippen LogP contribution in [-0.2, 0) is 11.2 Å². The first-order chi connectivity index (χ1) is 16.5. The van der Waals surface area contributed by atoms with Crippen LogP contribution < -0.4 is 16.2 Å². The molecule has 2 atom stereocenters. The highest BCUT2D eigenvalue weighted by Crippen LogP contribution is 2.26. The number of halogens is 1. The van der Waals surface area contributed by atoms with Gasteiger partial charge in [0.05, 0.1) is 11.3 Å². The Hall–Kier alpha value is -2.53. The van der Waals surface area contributed by atoms with E-state index in [1.807, 2.05) is 48.5 Å². The van der Waals surface area contributed by atoms with Crippen LogP contribution in [0.25, 0.3) is 16.6 Å². The van der Waals surface area contributed by atoms with E-state index in [0.29, 0.717) is 23.2 Å². The zero-order valence-corrected chi connectivity index (χ0v) is 21.4. The van der Waals surface area contributed by atoms with Gasteiger partial charge in [0.15, 0.2) is 16.6 Å². The number of hydrazine groups is 1. The van der Waals surface area contributed by atoms with Gasteiger partial charge in [0.2, 0.25) is 5.91 Å². The van der Waals surface area contributed by atoms with Crippen molar-refractivity contribution in [3.63, 3.8) is 0 Å². The predicted octanol–water partition coefficient (Wildman–Crippen LogP) is 4.20. The van der Waals surface area contributed by atoms with Crippen LogP contribution in [-0.4, -0.2) is 43.3 Å². The van der Waals surface area contributed by atoms with Crippen molar-refractivity contribution in [2.24, 2.45) is 5.92 Å². The average molecular weight is 540 g/mol. The van der Waals surface area contributed by atoms with Crippen LogP contribution in [0.5, 0.6) is 0 Å². The summed E-state index contributed by atoms with van der Waals surface area (Å²) in [5, 5.41) is 9.33. The molecule has 0 bridgehead atoms. The van der Waals surface area contributed by atoms with Crippen LogP contribution in [0.2, 0.25) is 0 Å². The van der Waals surface area contributed by atoms with Crippen LogP contribution in [0.1, 0.15) is 26.1 Å². The minimum Gasteiger partial charge on any atom is -0.325 e. The lowest BCUT2D eigenvalue weighted by molar-refractivity contribution is -0.113. The Kier molecular flexibility index (Phi) is 6.82. The third-order valence-corrected chi connectivity index (χ3v) is 7.64. The fourth-order valence-electron chi connectivity index (χ4n) is 4.34. The molecule has 3 heterocycles. The van der Waals surface area contributed by atoms with Gasteiger partial charge in [0.25, 0.3) is 0 Å². The van der Waals surface area contributed by atoms with E-state index >= 15 is 0 Å². The van der Waals surface area contributed by atoms with Gasteiger partial charge in [-0.3, -0.25) is 15.6 Å². The highest BCUT2D eigenvalue weighted by atomic mass is 79.9. The lowest BCUT2D eigenvalue weighted by Crippen LogP contribution is -2.30. The second-order valence-electron chi connectivity index (χ2n) is 8.59. The van der Waals surface area contributed by atoms with Gasteiger partial charge in [-0.15, -0.1) is 5.10 Å². The van der Waals surface area contributed by atoms with Crippen LogP contribution in [0.4, 0.5) is 5.69 Å². The topological polar surface area (TPSA) is 96.2 Å². The standard InChI is InChI=1S/C24H26BrN7OS/c1-14-18(15(2)30-29-14)11-12-21-28-23-19-5-3-4-6-20(19)27-24(32(23)31-21)34-13-22(33)26-17-9-7-16(25)8-10-17/h3-10,14-15,18,29-30H,11-13H2,1-2H3,(H,26,33). The van der Waals surface area contributed by atoms with Crippen molar-refractivity contribution in [3.8, 4) is 0 Å². The summed E-state index contributed by atoms with van der Waals surface area (Å²) in [6, 6.07) is 16.3. The average Bonchev–Trinajstić information content (AvgIpc) is 3.41. The molecule has 4 aromatic rings. The molecule has 5 rings (SSSR count). The highest BCUT2D eigenvalue weighted by molar-refractivity contribution is 9.10. The maximum Gasteiger partial charge on any atom is 0.234 e. The lowest BCUT2D eigenvalue weighted by atomic mass is 9.91. The largest absolute Gasteiger partial charge is 0.325 e. The summed E-state index contributed by atoms with van der Waals surface area (Å²) in [7, 11) is 0. The number of carbonyl (C=O) groups is 1. The van der Waals surface area contributed by atoms with E-state index in [4.69, 9.17) is 15.1 Å². The van der Waals surface area contributed by atoms with Crippen molar-refractivity contribution in [2.45, 2.75) is 43.9 Å². The van der Waals surface area contributed by atoms with E-state index < -0.39 is 0 Å². The van der Waals surface area contributed by atoms with Gasteiger partial charge >= 0.3 is 0 Å². The van der Waals surface area contributed by atoms with Gasteiger partial charge < -0.3 is 5.32 Å². The van der Waals surface area contributed by atoms with Crippen LogP contribution >= 0.6 is 27.7 Å². The Morgan fingerprint density at radius 3 is 2.59 bits per heavy atom. The molecule has 176 valence electrons. The molecule has 1 saturated heterocycles. The number of thioether (sulfide) groups is 1. The first-order valence-electron chi connectivity index (χ1n) is 11.3. The SMILES string of the molecule is CC1NNC(C)C1CCc1nc2c3ccccc3nc(SCC(=O)Nc3ccc(Br)cc3)n2n1. The van der Waals surface area contributed by atoms with Crippen molar-refractivity contribution >= 4 is 55.8 Å². The summed E-state index contributed by atoms with van der Waals surface area (Å²) in [5.41, 5.74) is 9.01. The molecule has 0 spiro atoms. The van der Waals surface area contributed by atoms with Gasteiger partial charge in [-0.2, -0.15) is 4.52 Å². The van der Waals surface area contributed by atoms with Crippen molar-refractivity contribution < 1.29 is 4.79 Å². The molecule has 1 aliphatic rings. The molecule has 0 radical (unpaired) electrons. The quantitative estimate of drug-likeness (QED) is 0.239. The monoisotopic (exact) mass is 539 g/mol. The Morgan fingerprint density at radius 1 is 1.09 bits per heavy atom. The zero-order chi connectivity index (χ0) is 23.7. The third-order valence-electron chi connectivity index (χ3n) is 6.18. The molecule has 8 nitrogen and oxygen atoms in total. The van der Waals surface area contributed by atoms with E-state index in [-0.39, 0.29) is 11.7 Å². The van der Waals surface area contributed by atoms with Gasteiger partial charge in [-0.05, 0) is 62.6 Å². The smallest absolute Gasteiger partial charge is 0.234 e. The lowest BCUT2D eigenvalue weighted by Gasteiger charge is -2.16. The zero-order valence-electron chi connectivity index (χ0n) is 19.0. The van der Waals surface area contributed by atoms with E-state index in [1.54, 1.807) is 4.52 Å². The molecule has 0 aliphatic carbocycles. The molecule has 1 aliphatic heterocycles. The number of nitrogens with zero attached hydrogens (tertiary/aromatic N) is 4. The molecule has 0 saturated carbocycles. The predicted molar refractivity (Wildman–Crippen MR) is 139 cm³/mol. The van der Waals surface area contributed by atoms with Crippen molar-refractivity contribution in [1.82, 2.24) is 30.4 Å². The number of amides is 1. The van der Waals surface area contributed by atoms with E-state index in [0.717, 1.165) is 45.4 Å². The number of hydrogen-bond donors (Lipinski definition) is 3. The van der Waals surface area contributed by atoms with Crippen molar-refractivity contribution in [2.75, 3.05) is 11.1 Å². The van der Waals surface area contributed by atoms with Crippen LogP contribution in [0, 0.1) is 5.92 Å². The Labute approximate surface area is 210 Å². The summed E-state index contributed by atoms with van der Waals surface area (Å²) in [6.45, 7) is 4.40. The maximum absolute atomic E-state index is 12.6. The van der Waals surface area contributed by atoms with Gasteiger partial charge in [0.1, 0.15) is 0 Å². The minimum atomic E-state index is -0.0972. The number of carbonyl (C=O) groups excluding carboxylic acids is 1. The van der Waals surface area contributed by atoms with E-state index in [2.05, 4.69) is 45.9 Å². The second kappa shape index (κ2) is 9.99. The molecular formula is C24H26BrN7OS. The van der Waals surface area contributed by atoms with Gasteiger partial charge in [-0.1, -0.05) is 39.8 Å². The Bertz CT molecular complexity index is 1320. The van der Waals surface area contributed by atoms with E-state index in [1.165, 1.54) is 11.8 Å². The number of para-hydroxylation sites is 1. The number of nitrogens with one attached hydrogen (secondary N) is 3. The normalized spacial score (nSPS) is 20.3. The molecule has 34 heavy (non-hydrogen) atoms. The molecule has 1 fully saturated rings. The number of benzene rings is 2. The summed E-state index contributed by atoms with van der Waals surface area (Å²) >= 11 is 4.77. The van der Waals surface area contributed by atoms with Gasteiger partial charge in [-0.25, -0.2) is 9.97 Å².